The summed E-state index contributed by atoms with van der Waals surface area (Å²) < 4.78 is 5.24. The molecule has 4 N–H and O–H groups in total. The molecule has 0 aliphatic carbocycles. The molecule has 110 valence electrons. The van der Waals surface area contributed by atoms with Gasteiger partial charge in [0.2, 0.25) is 0 Å². The summed E-state index contributed by atoms with van der Waals surface area (Å²) in [6, 6.07) is 0.777. The highest BCUT2D eigenvalue weighted by molar-refractivity contribution is 6.06. The minimum Gasteiger partial charge on any atom is -0.386 e. The van der Waals surface area contributed by atoms with Crippen molar-refractivity contribution in [1.82, 2.24) is 15.5 Å². The lowest BCUT2D eigenvalue weighted by Gasteiger charge is -2.26. The summed E-state index contributed by atoms with van der Waals surface area (Å²) in [6.45, 7) is 6.18. The second-order valence-electron chi connectivity index (χ2n) is 4.31. The third-order valence-electron chi connectivity index (χ3n) is 2.87. The van der Waals surface area contributed by atoms with E-state index in [9.17, 15) is 9.59 Å². The van der Waals surface area contributed by atoms with E-state index in [-0.39, 0.29) is 5.57 Å². The van der Waals surface area contributed by atoms with E-state index in [1.165, 1.54) is 0 Å². The number of urea groups is 1. The molecule has 0 radical (unpaired) electrons. The summed E-state index contributed by atoms with van der Waals surface area (Å²) in [5.41, 5.74) is 5.11. The van der Waals surface area contributed by atoms with Crippen LogP contribution in [0.25, 0.3) is 0 Å². The topological polar surface area (TPSA) is 120 Å². The van der Waals surface area contributed by atoms with E-state index in [0.717, 1.165) is 32.8 Å². The van der Waals surface area contributed by atoms with Gasteiger partial charge in [0.1, 0.15) is 11.6 Å². The van der Waals surface area contributed by atoms with Gasteiger partial charge >= 0.3 is 6.03 Å². The second-order valence-corrected chi connectivity index (χ2v) is 4.31. The summed E-state index contributed by atoms with van der Waals surface area (Å²) in [5.74, 6) is -0.795. The molecule has 1 heterocycles. The lowest BCUT2D eigenvalue weighted by Crippen LogP contribution is -2.40. The molecule has 20 heavy (non-hydrogen) atoms. The molecule has 0 aromatic rings. The average Bonchev–Trinajstić information content (AvgIpc) is 2.40. The van der Waals surface area contributed by atoms with E-state index in [1.807, 2.05) is 5.32 Å². The Hall–Kier alpha value is -2.11. The van der Waals surface area contributed by atoms with E-state index in [1.54, 1.807) is 13.0 Å². The van der Waals surface area contributed by atoms with Crippen LogP contribution in [0.3, 0.4) is 0 Å². The van der Waals surface area contributed by atoms with Crippen molar-refractivity contribution in [1.29, 1.82) is 5.26 Å². The van der Waals surface area contributed by atoms with Crippen molar-refractivity contribution in [3.05, 3.63) is 11.3 Å². The first-order valence-electron chi connectivity index (χ1n) is 6.30. The first-order chi connectivity index (χ1) is 9.54. The predicted octanol–water partition coefficient (Wildman–Crippen LogP) is -1.10. The van der Waals surface area contributed by atoms with Crippen molar-refractivity contribution >= 4 is 11.9 Å². The van der Waals surface area contributed by atoms with Gasteiger partial charge in [0.15, 0.2) is 0 Å². The van der Waals surface area contributed by atoms with Gasteiger partial charge in [0.05, 0.1) is 13.2 Å². The molecule has 1 aliphatic heterocycles. The highest BCUT2D eigenvalue weighted by Crippen LogP contribution is 2.01. The van der Waals surface area contributed by atoms with Crippen LogP contribution in [0.1, 0.15) is 6.92 Å². The van der Waals surface area contributed by atoms with E-state index < -0.39 is 11.9 Å². The Morgan fingerprint density at radius 2 is 2.05 bits per heavy atom. The van der Waals surface area contributed by atoms with Crippen molar-refractivity contribution in [3.8, 4) is 6.07 Å². The highest BCUT2D eigenvalue weighted by Gasteiger charge is 2.15. The fraction of sp³-hybridized carbons (Fsp3) is 0.583. The quantitative estimate of drug-likeness (QED) is 0.434. The SMILES string of the molecule is C/C(NCCN1CCOCC1)=C(/C#N)C(=O)NC(N)=O. The molecule has 0 bridgehead atoms. The first kappa shape index (κ1) is 15.9. The minimum atomic E-state index is -0.983. The maximum Gasteiger partial charge on any atom is 0.319 e. The number of rotatable bonds is 5. The molecule has 3 amide bonds. The number of ether oxygens (including phenoxy) is 1. The van der Waals surface area contributed by atoms with Crippen LogP contribution in [-0.4, -0.2) is 56.2 Å². The smallest absolute Gasteiger partial charge is 0.319 e. The van der Waals surface area contributed by atoms with Crippen molar-refractivity contribution < 1.29 is 14.3 Å². The fourth-order valence-electron chi connectivity index (χ4n) is 1.79. The predicted molar refractivity (Wildman–Crippen MR) is 71.3 cm³/mol. The number of hydrogen-bond donors (Lipinski definition) is 3. The molecule has 0 saturated carbocycles. The maximum absolute atomic E-state index is 11.5. The standard InChI is InChI=1S/C12H19N5O3/c1-9(10(8-13)11(18)16-12(14)19)15-2-3-17-4-6-20-7-5-17/h15H,2-7H2,1H3,(H3,14,16,18,19)/b10-9+. The number of amides is 3. The van der Waals surface area contributed by atoms with E-state index >= 15 is 0 Å². The number of primary amides is 1. The van der Waals surface area contributed by atoms with Gasteiger partial charge in [-0.15, -0.1) is 0 Å². The van der Waals surface area contributed by atoms with E-state index in [0.29, 0.717) is 12.2 Å². The van der Waals surface area contributed by atoms with Gasteiger partial charge < -0.3 is 15.8 Å². The van der Waals surface area contributed by atoms with Crippen LogP contribution in [0.15, 0.2) is 11.3 Å². The van der Waals surface area contributed by atoms with Gasteiger partial charge in [0.25, 0.3) is 5.91 Å². The zero-order valence-corrected chi connectivity index (χ0v) is 11.4. The maximum atomic E-state index is 11.5. The number of nitrogens with zero attached hydrogens (tertiary/aromatic N) is 2. The fourth-order valence-corrected chi connectivity index (χ4v) is 1.79. The van der Waals surface area contributed by atoms with Crippen LogP contribution in [0.4, 0.5) is 4.79 Å². The van der Waals surface area contributed by atoms with Gasteiger partial charge in [-0.25, -0.2) is 4.79 Å². The molecule has 0 aromatic heterocycles. The first-order valence-corrected chi connectivity index (χ1v) is 6.30. The van der Waals surface area contributed by atoms with Gasteiger partial charge in [0, 0.05) is 31.9 Å². The number of morpholine rings is 1. The van der Waals surface area contributed by atoms with Crippen molar-refractivity contribution in [3.63, 3.8) is 0 Å². The van der Waals surface area contributed by atoms with E-state index in [2.05, 4.69) is 10.2 Å². The van der Waals surface area contributed by atoms with Gasteiger partial charge in [-0.05, 0) is 6.92 Å². The Morgan fingerprint density at radius 3 is 2.60 bits per heavy atom. The number of carbonyl (C=O) groups is 2. The van der Waals surface area contributed by atoms with Crippen molar-refractivity contribution in [2.45, 2.75) is 6.92 Å². The molecule has 0 spiro atoms. The largest absolute Gasteiger partial charge is 0.386 e. The summed E-state index contributed by atoms with van der Waals surface area (Å²) >= 11 is 0. The van der Waals surface area contributed by atoms with Crippen LogP contribution in [-0.2, 0) is 9.53 Å². The van der Waals surface area contributed by atoms with Crippen molar-refractivity contribution in [2.75, 3.05) is 39.4 Å². The van der Waals surface area contributed by atoms with Crippen LogP contribution in [0, 0.1) is 11.3 Å². The monoisotopic (exact) mass is 281 g/mol. The highest BCUT2D eigenvalue weighted by atomic mass is 16.5. The van der Waals surface area contributed by atoms with Crippen LogP contribution >= 0.6 is 0 Å². The minimum absolute atomic E-state index is 0.147. The molecular formula is C12H19N5O3. The molecule has 0 atom stereocenters. The summed E-state index contributed by atoms with van der Waals surface area (Å²) in [7, 11) is 0. The molecule has 1 aliphatic rings. The third-order valence-corrected chi connectivity index (χ3v) is 2.87. The number of imide groups is 1. The molecule has 1 rings (SSSR count). The van der Waals surface area contributed by atoms with Crippen LogP contribution < -0.4 is 16.4 Å². The Bertz CT molecular complexity index is 435. The Kier molecular flexibility index (Phi) is 6.49. The zero-order chi connectivity index (χ0) is 15.0. The van der Waals surface area contributed by atoms with Gasteiger partial charge in [-0.2, -0.15) is 5.26 Å². The number of hydrogen-bond acceptors (Lipinski definition) is 6. The Labute approximate surface area is 117 Å². The lowest BCUT2D eigenvalue weighted by molar-refractivity contribution is -0.116. The number of nitriles is 1. The van der Waals surface area contributed by atoms with Crippen LogP contribution in [0.5, 0.6) is 0 Å². The summed E-state index contributed by atoms with van der Waals surface area (Å²) in [5, 5.41) is 13.8. The Balaban J connectivity index is 2.46. The summed E-state index contributed by atoms with van der Waals surface area (Å²) in [6.07, 6.45) is 0. The molecule has 1 saturated heterocycles. The Morgan fingerprint density at radius 1 is 1.40 bits per heavy atom. The lowest BCUT2D eigenvalue weighted by atomic mass is 10.2. The molecule has 0 aromatic carbocycles. The number of nitrogens with one attached hydrogen (secondary N) is 2. The number of carbonyl (C=O) groups excluding carboxylic acids is 2. The normalized spacial score (nSPS) is 16.8. The average molecular weight is 281 g/mol. The van der Waals surface area contributed by atoms with Crippen molar-refractivity contribution in [2.24, 2.45) is 5.73 Å². The number of allylic oxidation sites excluding steroid dienone is 1. The zero-order valence-electron chi connectivity index (χ0n) is 11.4. The molecule has 0 unspecified atom stereocenters. The van der Waals surface area contributed by atoms with Crippen LogP contribution in [0.2, 0.25) is 0 Å². The van der Waals surface area contributed by atoms with Gasteiger partial charge in [-0.1, -0.05) is 0 Å². The molecular weight excluding hydrogens is 262 g/mol. The molecule has 8 heteroatoms. The third kappa shape index (κ3) is 5.26. The van der Waals surface area contributed by atoms with E-state index in [4.69, 9.17) is 15.7 Å². The molecule has 8 nitrogen and oxygen atoms in total. The number of nitrogens with two attached hydrogens (primary N) is 1. The summed E-state index contributed by atoms with van der Waals surface area (Å²) in [4.78, 5) is 24.3. The van der Waals surface area contributed by atoms with Gasteiger partial charge in [-0.3, -0.25) is 15.0 Å². The molecule has 1 fully saturated rings. The second kappa shape index (κ2) is 8.14.